The smallest absolute Gasteiger partial charge is 0.152 e. The Kier molecular flexibility index (Phi) is 2.75. The van der Waals surface area contributed by atoms with E-state index >= 15 is 0 Å². The maximum atomic E-state index is 6.86. The van der Waals surface area contributed by atoms with Gasteiger partial charge in [0.15, 0.2) is 5.82 Å². The van der Waals surface area contributed by atoms with Crippen molar-refractivity contribution in [1.29, 1.82) is 0 Å². The lowest BCUT2D eigenvalue weighted by Gasteiger charge is -2.58. The highest BCUT2D eigenvalue weighted by molar-refractivity contribution is 5.13. The van der Waals surface area contributed by atoms with E-state index in [4.69, 9.17) is 5.73 Å². The van der Waals surface area contributed by atoms with Gasteiger partial charge < -0.3 is 10.3 Å². The van der Waals surface area contributed by atoms with E-state index in [1.54, 1.807) is 0 Å². The Morgan fingerprint density at radius 1 is 1.20 bits per heavy atom. The Balaban J connectivity index is 1.69. The molecule has 4 aliphatic carbocycles. The molecule has 2 N–H and O–H groups in total. The molecule has 0 aliphatic heterocycles. The summed E-state index contributed by atoms with van der Waals surface area (Å²) in [6.45, 7) is 5.25. The van der Waals surface area contributed by atoms with Gasteiger partial charge in [-0.1, -0.05) is 0 Å². The molecule has 5 rings (SSSR count). The Morgan fingerprint density at radius 3 is 2.35 bits per heavy atom. The van der Waals surface area contributed by atoms with Gasteiger partial charge in [0.1, 0.15) is 6.33 Å². The summed E-state index contributed by atoms with van der Waals surface area (Å²) < 4.78 is 2.13. The molecule has 0 aromatic carbocycles. The van der Waals surface area contributed by atoms with Crippen LogP contribution in [0, 0.1) is 29.6 Å². The summed E-state index contributed by atoms with van der Waals surface area (Å²) in [5, 5.41) is 8.48. The Labute approximate surface area is 121 Å². The van der Waals surface area contributed by atoms with Gasteiger partial charge in [-0.2, -0.15) is 0 Å². The van der Waals surface area contributed by atoms with Gasteiger partial charge in [-0.05, 0) is 75.5 Å². The van der Waals surface area contributed by atoms with Crippen LogP contribution in [0.15, 0.2) is 6.33 Å². The lowest BCUT2D eigenvalue weighted by molar-refractivity contribution is -0.0700. The Hall–Kier alpha value is -0.900. The van der Waals surface area contributed by atoms with Crippen LogP contribution in [0.1, 0.15) is 51.8 Å². The second kappa shape index (κ2) is 4.30. The zero-order valence-corrected chi connectivity index (χ0v) is 12.6. The highest BCUT2D eigenvalue weighted by Crippen LogP contribution is 2.59. The quantitative estimate of drug-likeness (QED) is 0.921. The molecule has 1 unspecified atom stereocenters. The van der Waals surface area contributed by atoms with Crippen LogP contribution in [-0.2, 0) is 12.1 Å². The molecule has 4 nitrogen and oxygen atoms in total. The van der Waals surface area contributed by atoms with Gasteiger partial charge in [0, 0.05) is 6.54 Å². The monoisotopic (exact) mass is 274 g/mol. The highest BCUT2D eigenvalue weighted by Gasteiger charge is 2.54. The summed E-state index contributed by atoms with van der Waals surface area (Å²) in [7, 11) is 0. The Bertz CT molecular complexity index is 476. The number of rotatable bonds is 3. The average Bonchev–Trinajstić information content (AvgIpc) is 2.86. The first-order chi connectivity index (χ1) is 9.59. The topological polar surface area (TPSA) is 56.7 Å². The normalized spacial score (nSPS) is 41.9. The third-order valence-electron chi connectivity index (χ3n) is 6.36. The lowest BCUT2D eigenvalue weighted by Crippen LogP contribution is -2.56. The zero-order valence-electron chi connectivity index (χ0n) is 12.6. The van der Waals surface area contributed by atoms with Gasteiger partial charge in [0.05, 0.1) is 5.54 Å². The first kappa shape index (κ1) is 12.8. The fraction of sp³-hybridized carbons (Fsp3) is 0.875. The van der Waals surface area contributed by atoms with Crippen LogP contribution in [-0.4, -0.2) is 14.8 Å². The first-order valence-electron chi connectivity index (χ1n) is 8.26. The number of nitrogens with zero attached hydrogens (tertiary/aromatic N) is 3. The predicted octanol–water partition coefficient (Wildman–Crippen LogP) is 2.54. The van der Waals surface area contributed by atoms with E-state index in [1.165, 1.54) is 32.1 Å². The van der Waals surface area contributed by atoms with E-state index in [2.05, 4.69) is 28.6 Å². The minimum atomic E-state index is -0.324. The van der Waals surface area contributed by atoms with Crippen molar-refractivity contribution >= 4 is 0 Å². The van der Waals surface area contributed by atoms with Crippen molar-refractivity contribution in [3.8, 4) is 0 Å². The average molecular weight is 274 g/mol. The van der Waals surface area contributed by atoms with E-state index < -0.39 is 0 Å². The second-order valence-corrected chi connectivity index (χ2v) is 7.68. The molecule has 110 valence electrons. The largest absolute Gasteiger partial charge is 0.319 e. The van der Waals surface area contributed by atoms with Crippen molar-refractivity contribution in [2.45, 2.75) is 58.0 Å². The molecule has 4 aliphatic rings. The molecule has 4 bridgehead atoms. The van der Waals surface area contributed by atoms with Crippen molar-refractivity contribution in [3.63, 3.8) is 0 Å². The first-order valence-corrected chi connectivity index (χ1v) is 8.26. The summed E-state index contributed by atoms with van der Waals surface area (Å²) in [4.78, 5) is 0. The molecule has 20 heavy (non-hydrogen) atoms. The predicted molar refractivity (Wildman–Crippen MR) is 77.8 cm³/mol. The van der Waals surface area contributed by atoms with Gasteiger partial charge in [0.2, 0.25) is 0 Å². The van der Waals surface area contributed by atoms with E-state index in [0.29, 0.717) is 5.92 Å². The number of hydrogen-bond donors (Lipinski definition) is 1. The van der Waals surface area contributed by atoms with Gasteiger partial charge in [-0.3, -0.25) is 0 Å². The van der Waals surface area contributed by atoms with Crippen molar-refractivity contribution in [3.05, 3.63) is 12.2 Å². The number of hydrogen-bond acceptors (Lipinski definition) is 3. The van der Waals surface area contributed by atoms with Crippen molar-refractivity contribution in [1.82, 2.24) is 14.8 Å². The maximum Gasteiger partial charge on any atom is 0.152 e. The molecule has 4 heteroatoms. The molecule has 0 radical (unpaired) electrons. The van der Waals surface area contributed by atoms with Crippen LogP contribution >= 0.6 is 0 Å². The molecule has 1 aromatic heterocycles. The molecule has 1 aromatic rings. The highest BCUT2D eigenvalue weighted by atomic mass is 15.3. The summed E-state index contributed by atoms with van der Waals surface area (Å²) in [5.41, 5.74) is 6.54. The Morgan fingerprint density at radius 2 is 1.80 bits per heavy atom. The fourth-order valence-electron chi connectivity index (χ4n) is 5.96. The van der Waals surface area contributed by atoms with Gasteiger partial charge in [-0.25, -0.2) is 0 Å². The molecular weight excluding hydrogens is 248 g/mol. The van der Waals surface area contributed by atoms with Crippen LogP contribution in [0.2, 0.25) is 0 Å². The SMILES string of the molecule is CCn1cnnc1C(C)(N)C1C2CC3CC(C2)CC1C3. The lowest BCUT2D eigenvalue weighted by atomic mass is 9.48. The summed E-state index contributed by atoms with van der Waals surface area (Å²) in [6, 6.07) is 0. The van der Waals surface area contributed by atoms with E-state index in [1.807, 2.05) is 6.33 Å². The van der Waals surface area contributed by atoms with Crippen LogP contribution in [0.4, 0.5) is 0 Å². The second-order valence-electron chi connectivity index (χ2n) is 7.68. The third kappa shape index (κ3) is 1.70. The number of aromatic nitrogens is 3. The molecule has 0 spiro atoms. The van der Waals surface area contributed by atoms with Crippen molar-refractivity contribution in [2.75, 3.05) is 0 Å². The van der Waals surface area contributed by atoms with Crippen molar-refractivity contribution in [2.24, 2.45) is 35.3 Å². The van der Waals surface area contributed by atoms with Gasteiger partial charge in [-0.15, -0.1) is 10.2 Å². The fourth-order valence-corrected chi connectivity index (χ4v) is 5.96. The summed E-state index contributed by atoms with van der Waals surface area (Å²) in [6.07, 6.45) is 8.95. The minimum absolute atomic E-state index is 0.324. The van der Waals surface area contributed by atoms with E-state index in [9.17, 15) is 0 Å². The summed E-state index contributed by atoms with van der Waals surface area (Å²) in [5.74, 6) is 5.23. The van der Waals surface area contributed by atoms with Crippen LogP contribution in [0.5, 0.6) is 0 Å². The third-order valence-corrected chi connectivity index (χ3v) is 6.36. The van der Waals surface area contributed by atoms with Gasteiger partial charge >= 0.3 is 0 Å². The standard InChI is InChI=1S/C16H26N4/c1-3-20-9-18-19-15(20)16(2,17)14-12-5-10-4-11(7-12)8-13(14)6-10/h9-14H,3-8,17H2,1-2H3. The van der Waals surface area contributed by atoms with E-state index in [-0.39, 0.29) is 5.54 Å². The maximum absolute atomic E-state index is 6.86. The molecular formula is C16H26N4. The minimum Gasteiger partial charge on any atom is -0.319 e. The molecule has 0 amide bonds. The van der Waals surface area contributed by atoms with Crippen LogP contribution in [0.25, 0.3) is 0 Å². The molecule has 1 heterocycles. The molecule has 0 saturated heterocycles. The number of nitrogens with two attached hydrogens (primary N) is 1. The number of aryl methyl sites for hydroxylation is 1. The molecule has 4 fully saturated rings. The van der Waals surface area contributed by atoms with Crippen molar-refractivity contribution < 1.29 is 0 Å². The molecule has 4 saturated carbocycles. The van der Waals surface area contributed by atoms with Crippen LogP contribution < -0.4 is 5.73 Å². The zero-order chi connectivity index (χ0) is 13.9. The van der Waals surface area contributed by atoms with E-state index in [0.717, 1.165) is 36.0 Å². The van der Waals surface area contributed by atoms with Gasteiger partial charge in [0.25, 0.3) is 0 Å². The van der Waals surface area contributed by atoms with Crippen LogP contribution in [0.3, 0.4) is 0 Å². The summed E-state index contributed by atoms with van der Waals surface area (Å²) >= 11 is 0. The molecule has 1 atom stereocenters.